The van der Waals surface area contributed by atoms with Crippen LogP contribution in [0.2, 0.25) is 0 Å². The number of amides is 2. The van der Waals surface area contributed by atoms with Crippen LogP contribution in [0.5, 0.6) is 0 Å². The SMILES string of the molecule is CC(C)(C)CC(NC(=O)Nc1cccc(CCC(=O)O)c1)C(F)(F)F. The van der Waals surface area contributed by atoms with E-state index >= 15 is 0 Å². The average molecular weight is 360 g/mol. The molecule has 3 N–H and O–H groups in total. The van der Waals surface area contributed by atoms with E-state index in [1.54, 1.807) is 32.9 Å². The van der Waals surface area contributed by atoms with Gasteiger partial charge in [-0.15, -0.1) is 0 Å². The Morgan fingerprint density at radius 2 is 1.84 bits per heavy atom. The molecule has 1 atom stereocenters. The minimum Gasteiger partial charge on any atom is -0.481 e. The van der Waals surface area contributed by atoms with Gasteiger partial charge >= 0.3 is 18.2 Å². The molecule has 0 bridgehead atoms. The number of carboxylic acids is 1. The van der Waals surface area contributed by atoms with Crippen molar-refractivity contribution in [2.75, 3.05) is 5.32 Å². The van der Waals surface area contributed by atoms with E-state index in [9.17, 15) is 22.8 Å². The van der Waals surface area contributed by atoms with Gasteiger partial charge in [0.2, 0.25) is 0 Å². The van der Waals surface area contributed by atoms with Gasteiger partial charge in [0.15, 0.2) is 0 Å². The molecule has 0 aliphatic heterocycles. The summed E-state index contributed by atoms with van der Waals surface area (Å²) in [5.74, 6) is -0.952. The summed E-state index contributed by atoms with van der Waals surface area (Å²) < 4.78 is 39.3. The monoisotopic (exact) mass is 360 g/mol. The van der Waals surface area contributed by atoms with E-state index in [4.69, 9.17) is 5.11 Å². The molecule has 140 valence electrons. The Morgan fingerprint density at radius 1 is 1.20 bits per heavy atom. The van der Waals surface area contributed by atoms with Gasteiger partial charge in [-0.05, 0) is 36.0 Å². The molecule has 0 saturated carbocycles. The molecule has 0 aromatic heterocycles. The minimum absolute atomic E-state index is 0.0720. The van der Waals surface area contributed by atoms with E-state index in [-0.39, 0.29) is 19.3 Å². The summed E-state index contributed by atoms with van der Waals surface area (Å²) >= 11 is 0. The van der Waals surface area contributed by atoms with Gasteiger partial charge in [0, 0.05) is 12.1 Å². The Balaban J connectivity index is 2.74. The smallest absolute Gasteiger partial charge is 0.408 e. The molecule has 0 aliphatic rings. The highest BCUT2D eigenvalue weighted by molar-refractivity contribution is 5.89. The van der Waals surface area contributed by atoms with Crippen molar-refractivity contribution in [3.63, 3.8) is 0 Å². The summed E-state index contributed by atoms with van der Waals surface area (Å²) in [7, 11) is 0. The zero-order valence-electron chi connectivity index (χ0n) is 14.4. The topological polar surface area (TPSA) is 78.4 Å². The lowest BCUT2D eigenvalue weighted by molar-refractivity contribution is -0.159. The van der Waals surface area contributed by atoms with Gasteiger partial charge < -0.3 is 15.7 Å². The molecule has 25 heavy (non-hydrogen) atoms. The van der Waals surface area contributed by atoms with Gasteiger partial charge in [0.05, 0.1) is 0 Å². The quantitative estimate of drug-likeness (QED) is 0.712. The number of hydrogen-bond donors (Lipinski definition) is 3. The number of anilines is 1. The first kappa shape index (κ1) is 20.8. The lowest BCUT2D eigenvalue weighted by Crippen LogP contribution is -2.48. The van der Waals surface area contributed by atoms with E-state index in [2.05, 4.69) is 5.32 Å². The molecule has 1 rings (SSSR count). The molecule has 0 radical (unpaired) electrons. The highest BCUT2D eigenvalue weighted by Gasteiger charge is 2.42. The fraction of sp³-hybridized carbons (Fsp3) is 0.529. The van der Waals surface area contributed by atoms with Crippen molar-refractivity contribution in [1.29, 1.82) is 0 Å². The predicted molar refractivity (Wildman–Crippen MR) is 88.5 cm³/mol. The third kappa shape index (κ3) is 8.42. The van der Waals surface area contributed by atoms with E-state index in [1.165, 1.54) is 12.1 Å². The highest BCUT2D eigenvalue weighted by atomic mass is 19.4. The standard InChI is InChI=1S/C17H23F3N2O3/c1-16(2,3)10-13(17(18,19)20)22-15(25)21-12-6-4-5-11(9-12)7-8-14(23)24/h4-6,9,13H,7-8,10H2,1-3H3,(H,23,24)(H2,21,22,25). The molecule has 1 aromatic carbocycles. The van der Waals surface area contributed by atoms with Crippen LogP contribution in [-0.2, 0) is 11.2 Å². The molecule has 1 unspecified atom stereocenters. The molecule has 0 heterocycles. The third-order valence-electron chi connectivity index (χ3n) is 3.33. The largest absolute Gasteiger partial charge is 0.481 e. The Labute approximate surface area is 144 Å². The van der Waals surface area contributed by atoms with Crippen LogP contribution < -0.4 is 10.6 Å². The molecule has 2 amide bonds. The number of halogens is 3. The fourth-order valence-electron chi connectivity index (χ4n) is 2.24. The van der Waals surface area contributed by atoms with Crippen molar-refractivity contribution in [1.82, 2.24) is 5.32 Å². The maximum atomic E-state index is 13.1. The van der Waals surface area contributed by atoms with Gasteiger partial charge in [0.1, 0.15) is 6.04 Å². The highest BCUT2D eigenvalue weighted by Crippen LogP contribution is 2.30. The molecule has 0 saturated heterocycles. The van der Waals surface area contributed by atoms with Crippen molar-refractivity contribution < 1.29 is 27.9 Å². The maximum absolute atomic E-state index is 13.1. The number of nitrogens with one attached hydrogen (secondary N) is 2. The number of carbonyl (C=O) groups is 2. The van der Waals surface area contributed by atoms with E-state index in [1.807, 2.05) is 5.32 Å². The molecular weight excluding hydrogens is 337 g/mol. The van der Waals surface area contributed by atoms with Gasteiger partial charge in [-0.3, -0.25) is 4.79 Å². The normalized spacial score (nSPS) is 13.2. The Bertz CT molecular complexity index is 610. The molecule has 0 fully saturated rings. The lowest BCUT2D eigenvalue weighted by Gasteiger charge is -2.28. The number of benzene rings is 1. The summed E-state index contributed by atoms with van der Waals surface area (Å²) in [4.78, 5) is 22.5. The van der Waals surface area contributed by atoms with Gasteiger partial charge in [-0.1, -0.05) is 32.9 Å². The van der Waals surface area contributed by atoms with Gasteiger partial charge in [0.25, 0.3) is 0 Å². The first-order chi connectivity index (χ1) is 11.4. The van der Waals surface area contributed by atoms with E-state index in [0.717, 1.165) is 0 Å². The molecule has 1 aromatic rings. The number of aliphatic carboxylic acids is 1. The van der Waals surface area contributed by atoms with Crippen molar-refractivity contribution in [2.45, 2.75) is 52.3 Å². The molecule has 0 aliphatic carbocycles. The van der Waals surface area contributed by atoms with E-state index in [0.29, 0.717) is 11.3 Å². The number of aryl methyl sites for hydroxylation is 1. The molecular formula is C17H23F3N2O3. The number of urea groups is 1. The number of carbonyl (C=O) groups excluding carboxylic acids is 1. The lowest BCUT2D eigenvalue weighted by atomic mass is 9.88. The van der Waals surface area contributed by atoms with Crippen molar-refractivity contribution in [3.05, 3.63) is 29.8 Å². The molecule has 0 spiro atoms. The number of rotatable bonds is 6. The van der Waals surface area contributed by atoms with Gasteiger partial charge in [-0.2, -0.15) is 13.2 Å². The van der Waals surface area contributed by atoms with E-state index < -0.39 is 29.6 Å². The van der Waals surface area contributed by atoms with Crippen molar-refractivity contribution >= 4 is 17.7 Å². The summed E-state index contributed by atoms with van der Waals surface area (Å²) in [5, 5.41) is 13.0. The Morgan fingerprint density at radius 3 is 2.36 bits per heavy atom. The average Bonchev–Trinajstić information content (AvgIpc) is 2.42. The minimum atomic E-state index is -4.55. The van der Waals surface area contributed by atoms with Crippen LogP contribution in [0.25, 0.3) is 0 Å². The predicted octanol–water partition coefficient (Wildman–Crippen LogP) is 4.19. The second kappa shape index (κ2) is 8.22. The van der Waals surface area contributed by atoms with Crippen molar-refractivity contribution in [3.8, 4) is 0 Å². The van der Waals surface area contributed by atoms with Gasteiger partial charge in [-0.25, -0.2) is 4.79 Å². The van der Waals surface area contributed by atoms with Crippen LogP contribution >= 0.6 is 0 Å². The summed E-state index contributed by atoms with van der Waals surface area (Å²) in [6, 6.07) is 3.43. The summed E-state index contributed by atoms with van der Waals surface area (Å²) in [6.45, 7) is 4.99. The number of alkyl halides is 3. The van der Waals surface area contributed by atoms with Crippen LogP contribution in [0.1, 0.15) is 39.2 Å². The van der Waals surface area contributed by atoms with Crippen LogP contribution in [0.3, 0.4) is 0 Å². The summed E-state index contributed by atoms with van der Waals surface area (Å²) in [6.07, 6.45) is -4.60. The number of carboxylic acid groups (broad SMARTS) is 1. The maximum Gasteiger partial charge on any atom is 0.408 e. The van der Waals surface area contributed by atoms with Crippen LogP contribution in [0.15, 0.2) is 24.3 Å². The van der Waals surface area contributed by atoms with Crippen LogP contribution in [0.4, 0.5) is 23.7 Å². The first-order valence-corrected chi connectivity index (χ1v) is 7.82. The van der Waals surface area contributed by atoms with Crippen LogP contribution in [-0.4, -0.2) is 29.3 Å². The summed E-state index contributed by atoms with van der Waals surface area (Å²) in [5.41, 5.74) is 0.365. The Kier molecular flexibility index (Phi) is 6.84. The second-order valence-electron chi connectivity index (χ2n) is 7.05. The fourth-order valence-corrected chi connectivity index (χ4v) is 2.24. The molecule has 8 heteroatoms. The second-order valence-corrected chi connectivity index (χ2v) is 7.05. The zero-order chi connectivity index (χ0) is 19.3. The molecule has 5 nitrogen and oxygen atoms in total. The first-order valence-electron chi connectivity index (χ1n) is 7.82. The zero-order valence-corrected chi connectivity index (χ0v) is 14.4. The Hall–Kier alpha value is -2.25. The third-order valence-corrected chi connectivity index (χ3v) is 3.33. The van der Waals surface area contributed by atoms with Crippen molar-refractivity contribution in [2.24, 2.45) is 5.41 Å². The van der Waals surface area contributed by atoms with Crippen LogP contribution in [0, 0.1) is 5.41 Å². The number of hydrogen-bond acceptors (Lipinski definition) is 2.